The number of esters is 1. The molecule has 2 rings (SSSR count). The zero-order valence-corrected chi connectivity index (χ0v) is 12.6. The Bertz CT molecular complexity index is 355. The number of nitrogens with zero attached hydrogens (tertiary/aromatic N) is 1. The number of morpholine rings is 1. The highest BCUT2D eigenvalue weighted by atomic mass is 16.5. The third-order valence-corrected chi connectivity index (χ3v) is 3.50. The highest BCUT2D eigenvalue weighted by Crippen LogP contribution is 2.20. The Morgan fingerprint density at radius 2 is 1.67 bits per heavy atom. The number of ether oxygens (including phenoxy) is 2. The van der Waals surface area contributed by atoms with E-state index in [9.17, 15) is 9.59 Å². The average Bonchev–Trinajstić information content (AvgIpc) is 2.56. The van der Waals surface area contributed by atoms with Crippen LogP contribution < -0.4 is 0 Å². The normalized spacial score (nSPS) is 19.0. The molecule has 1 aliphatic carbocycles. The van der Waals surface area contributed by atoms with Crippen molar-refractivity contribution in [1.29, 1.82) is 0 Å². The van der Waals surface area contributed by atoms with Gasteiger partial charge in [0, 0.05) is 19.2 Å². The first-order valence-corrected chi connectivity index (χ1v) is 7.49. The minimum absolute atomic E-state index is 0.00306. The number of hydrogen-bond acceptors (Lipinski definition) is 4. The third-order valence-electron chi connectivity index (χ3n) is 3.50. The second-order valence-corrected chi connectivity index (χ2v) is 5.04. The van der Waals surface area contributed by atoms with E-state index in [2.05, 4.69) is 13.2 Å². The monoisotopic (exact) mass is 295 g/mol. The van der Waals surface area contributed by atoms with Gasteiger partial charge in [-0.1, -0.05) is 19.6 Å². The SMILES string of the molecule is C=CC(=O)N1CCOCC1.C=CC(=O)OC1CCCCC1. The number of carbonyl (C=O) groups is 2. The molecule has 1 heterocycles. The molecule has 1 amide bonds. The lowest BCUT2D eigenvalue weighted by atomic mass is 9.98. The molecule has 2 fully saturated rings. The maximum absolute atomic E-state index is 10.9. The maximum Gasteiger partial charge on any atom is 0.330 e. The standard InChI is InChI=1S/C9H14O2.C7H11NO2/c1-2-9(10)11-8-6-4-3-5-7-8;1-2-7(9)8-3-5-10-6-4-8/h2,8H,1,3-7H2;2H,1,3-6H2. The molecule has 0 aromatic carbocycles. The summed E-state index contributed by atoms with van der Waals surface area (Å²) in [5.41, 5.74) is 0. The highest BCUT2D eigenvalue weighted by Gasteiger charge is 2.15. The van der Waals surface area contributed by atoms with Crippen LogP contribution in [0.5, 0.6) is 0 Å². The number of rotatable bonds is 3. The van der Waals surface area contributed by atoms with Crippen LogP contribution in [-0.4, -0.2) is 49.2 Å². The van der Waals surface area contributed by atoms with Crippen molar-refractivity contribution in [1.82, 2.24) is 4.90 Å². The van der Waals surface area contributed by atoms with Crippen molar-refractivity contribution < 1.29 is 19.1 Å². The Morgan fingerprint density at radius 3 is 2.19 bits per heavy atom. The number of amides is 1. The van der Waals surface area contributed by atoms with Crippen LogP contribution in [0.15, 0.2) is 25.3 Å². The number of hydrogen-bond donors (Lipinski definition) is 0. The summed E-state index contributed by atoms with van der Waals surface area (Å²) in [5, 5.41) is 0. The molecular formula is C16H25NO4. The molecular weight excluding hydrogens is 270 g/mol. The Morgan fingerprint density at radius 1 is 1.05 bits per heavy atom. The van der Waals surface area contributed by atoms with E-state index >= 15 is 0 Å². The van der Waals surface area contributed by atoms with Crippen molar-refractivity contribution in [3.8, 4) is 0 Å². The van der Waals surface area contributed by atoms with Gasteiger partial charge in [-0.3, -0.25) is 4.79 Å². The van der Waals surface area contributed by atoms with Crippen LogP contribution in [0.4, 0.5) is 0 Å². The van der Waals surface area contributed by atoms with Crippen LogP contribution in [0.1, 0.15) is 32.1 Å². The van der Waals surface area contributed by atoms with Gasteiger partial charge in [-0.25, -0.2) is 4.79 Å². The molecule has 2 aliphatic rings. The molecule has 1 saturated heterocycles. The van der Waals surface area contributed by atoms with Crippen LogP contribution in [0.3, 0.4) is 0 Å². The number of carbonyl (C=O) groups excluding carboxylic acids is 2. The Kier molecular flexibility index (Phi) is 8.43. The summed E-state index contributed by atoms with van der Waals surface area (Å²) in [6.45, 7) is 9.46. The van der Waals surface area contributed by atoms with E-state index in [1.807, 2.05) is 0 Å². The highest BCUT2D eigenvalue weighted by molar-refractivity contribution is 5.87. The summed E-state index contributed by atoms with van der Waals surface area (Å²) in [6, 6.07) is 0. The van der Waals surface area contributed by atoms with Gasteiger partial charge in [0.2, 0.25) is 5.91 Å². The van der Waals surface area contributed by atoms with Crippen molar-refractivity contribution in [3.63, 3.8) is 0 Å². The quantitative estimate of drug-likeness (QED) is 0.591. The molecule has 0 bridgehead atoms. The largest absolute Gasteiger partial charge is 0.459 e. The van der Waals surface area contributed by atoms with Gasteiger partial charge in [-0.15, -0.1) is 0 Å². The third kappa shape index (κ3) is 7.09. The Balaban J connectivity index is 0.000000211. The molecule has 1 aliphatic heterocycles. The van der Waals surface area contributed by atoms with Gasteiger partial charge in [0.05, 0.1) is 13.2 Å². The summed E-state index contributed by atoms with van der Waals surface area (Å²) in [4.78, 5) is 23.4. The lowest BCUT2D eigenvalue weighted by Gasteiger charge is -2.25. The van der Waals surface area contributed by atoms with Crippen LogP contribution in [0.25, 0.3) is 0 Å². The molecule has 5 heteroatoms. The van der Waals surface area contributed by atoms with Crippen molar-refractivity contribution in [2.24, 2.45) is 0 Å². The fourth-order valence-corrected chi connectivity index (χ4v) is 2.31. The fourth-order valence-electron chi connectivity index (χ4n) is 2.31. The minimum atomic E-state index is -0.281. The van der Waals surface area contributed by atoms with Crippen molar-refractivity contribution in [2.75, 3.05) is 26.3 Å². The Hall–Kier alpha value is -1.62. The molecule has 0 aromatic heterocycles. The summed E-state index contributed by atoms with van der Waals surface area (Å²) in [6.07, 6.45) is 8.44. The first-order valence-electron chi connectivity index (χ1n) is 7.49. The topological polar surface area (TPSA) is 55.8 Å². The molecule has 118 valence electrons. The summed E-state index contributed by atoms with van der Waals surface area (Å²) in [7, 11) is 0. The minimum Gasteiger partial charge on any atom is -0.459 e. The van der Waals surface area contributed by atoms with E-state index < -0.39 is 0 Å². The van der Waals surface area contributed by atoms with E-state index in [1.165, 1.54) is 31.4 Å². The van der Waals surface area contributed by atoms with Gasteiger partial charge in [0.1, 0.15) is 6.10 Å². The van der Waals surface area contributed by atoms with Crippen LogP contribution >= 0.6 is 0 Å². The summed E-state index contributed by atoms with van der Waals surface area (Å²) in [5.74, 6) is -0.278. The van der Waals surface area contributed by atoms with E-state index in [0.29, 0.717) is 26.3 Å². The van der Waals surface area contributed by atoms with Crippen molar-refractivity contribution in [2.45, 2.75) is 38.2 Å². The average molecular weight is 295 g/mol. The second-order valence-electron chi connectivity index (χ2n) is 5.04. The fraction of sp³-hybridized carbons (Fsp3) is 0.625. The molecule has 0 spiro atoms. The van der Waals surface area contributed by atoms with E-state index in [-0.39, 0.29) is 18.0 Å². The molecule has 5 nitrogen and oxygen atoms in total. The Labute approximate surface area is 126 Å². The molecule has 0 radical (unpaired) electrons. The smallest absolute Gasteiger partial charge is 0.330 e. The summed E-state index contributed by atoms with van der Waals surface area (Å²) < 4.78 is 10.1. The van der Waals surface area contributed by atoms with E-state index in [1.54, 1.807) is 4.90 Å². The lowest BCUT2D eigenvalue weighted by Crippen LogP contribution is -2.39. The van der Waals surface area contributed by atoms with E-state index in [4.69, 9.17) is 9.47 Å². The van der Waals surface area contributed by atoms with Gasteiger partial charge in [0.25, 0.3) is 0 Å². The summed E-state index contributed by atoms with van der Waals surface area (Å²) >= 11 is 0. The van der Waals surface area contributed by atoms with Gasteiger partial charge < -0.3 is 14.4 Å². The van der Waals surface area contributed by atoms with Gasteiger partial charge in [-0.05, 0) is 31.8 Å². The predicted molar refractivity (Wildman–Crippen MR) is 80.8 cm³/mol. The van der Waals surface area contributed by atoms with Crippen LogP contribution in [0.2, 0.25) is 0 Å². The first kappa shape index (κ1) is 17.4. The van der Waals surface area contributed by atoms with Gasteiger partial charge in [-0.2, -0.15) is 0 Å². The predicted octanol–water partition coefficient (Wildman–Crippen LogP) is 2.08. The molecule has 0 unspecified atom stereocenters. The van der Waals surface area contributed by atoms with Gasteiger partial charge in [0.15, 0.2) is 0 Å². The van der Waals surface area contributed by atoms with Crippen molar-refractivity contribution in [3.05, 3.63) is 25.3 Å². The van der Waals surface area contributed by atoms with E-state index in [0.717, 1.165) is 12.8 Å². The molecule has 0 aromatic rings. The van der Waals surface area contributed by atoms with Crippen LogP contribution in [-0.2, 0) is 19.1 Å². The maximum atomic E-state index is 10.9. The molecule has 21 heavy (non-hydrogen) atoms. The van der Waals surface area contributed by atoms with Crippen molar-refractivity contribution >= 4 is 11.9 Å². The van der Waals surface area contributed by atoms with Gasteiger partial charge >= 0.3 is 5.97 Å². The molecule has 1 saturated carbocycles. The molecule has 0 N–H and O–H groups in total. The first-order chi connectivity index (χ1) is 10.2. The second kappa shape index (κ2) is 10.2. The zero-order chi connectivity index (χ0) is 15.5. The van der Waals surface area contributed by atoms with Crippen LogP contribution in [0, 0.1) is 0 Å². The molecule has 0 atom stereocenters. The lowest BCUT2D eigenvalue weighted by molar-refractivity contribution is -0.144. The zero-order valence-electron chi connectivity index (χ0n) is 12.6.